The molecule has 0 radical (unpaired) electrons. The molecule has 0 spiro atoms. The lowest BCUT2D eigenvalue weighted by Crippen LogP contribution is -2.37. The first-order chi connectivity index (χ1) is 9.02. The summed E-state index contributed by atoms with van der Waals surface area (Å²) in [5.41, 5.74) is 11.2. The molecule has 5 nitrogen and oxygen atoms in total. The molecular formula is C14H30N4O. The molecular weight excluding hydrogens is 240 g/mol. The first-order valence-electron chi connectivity index (χ1n) is 7.40. The fraction of sp³-hybridized carbons (Fsp3) is 0.857. The summed E-state index contributed by atoms with van der Waals surface area (Å²) in [6.07, 6.45) is 6.56. The Morgan fingerprint density at radius 2 is 1.84 bits per heavy atom. The predicted molar refractivity (Wildman–Crippen MR) is 80.1 cm³/mol. The van der Waals surface area contributed by atoms with Gasteiger partial charge in [0.1, 0.15) is 0 Å². The monoisotopic (exact) mass is 270 g/mol. The van der Waals surface area contributed by atoms with Crippen molar-refractivity contribution in [2.24, 2.45) is 17.4 Å². The van der Waals surface area contributed by atoms with E-state index in [1.807, 2.05) is 0 Å². The largest absolute Gasteiger partial charge is 0.370 e. The van der Waals surface area contributed by atoms with E-state index in [1.165, 1.54) is 0 Å². The summed E-state index contributed by atoms with van der Waals surface area (Å²) >= 11 is 0. The van der Waals surface area contributed by atoms with E-state index in [-0.39, 0.29) is 23.7 Å². The normalized spacial score (nSPS) is 13.8. The van der Waals surface area contributed by atoms with Gasteiger partial charge in [0.25, 0.3) is 0 Å². The summed E-state index contributed by atoms with van der Waals surface area (Å²) in [7, 11) is 0. The van der Waals surface area contributed by atoms with Crippen molar-refractivity contribution in [2.45, 2.75) is 64.8 Å². The van der Waals surface area contributed by atoms with Crippen molar-refractivity contribution in [1.29, 1.82) is 5.41 Å². The Morgan fingerprint density at radius 1 is 1.16 bits per heavy atom. The second kappa shape index (κ2) is 10.8. The van der Waals surface area contributed by atoms with Crippen LogP contribution in [0.1, 0.15) is 58.8 Å². The molecule has 6 N–H and O–H groups in total. The zero-order chi connectivity index (χ0) is 14.7. The van der Waals surface area contributed by atoms with E-state index in [0.717, 1.165) is 38.5 Å². The van der Waals surface area contributed by atoms with Crippen LogP contribution in [0.4, 0.5) is 0 Å². The van der Waals surface area contributed by atoms with E-state index < -0.39 is 0 Å². The van der Waals surface area contributed by atoms with Gasteiger partial charge in [0.15, 0.2) is 11.7 Å². The van der Waals surface area contributed by atoms with Gasteiger partial charge in [-0.3, -0.25) is 10.2 Å². The first kappa shape index (κ1) is 17.9. The second-order valence-electron chi connectivity index (χ2n) is 5.12. The zero-order valence-electron chi connectivity index (χ0n) is 12.4. The van der Waals surface area contributed by atoms with E-state index in [1.54, 1.807) is 0 Å². The fourth-order valence-corrected chi connectivity index (χ4v) is 2.22. The summed E-state index contributed by atoms with van der Waals surface area (Å²) in [6.45, 7) is 4.85. The Hall–Kier alpha value is -1.10. The van der Waals surface area contributed by atoms with Crippen LogP contribution in [0.2, 0.25) is 0 Å². The minimum Gasteiger partial charge on any atom is -0.370 e. The number of carbonyl (C=O) groups excluding carboxylic acids is 1. The molecule has 0 heterocycles. The number of hydrogen-bond acceptors (Lipinski definition) is 3. The summed E-state index contributed by atoms with van der Waals surface area (Å²) in [5.74, 6) is 0.297. The van der Waals surface area contributed by atoms with E-state index in [4.69, 9.17) is 16.9 Å². The number of nitrogens with two attached hydrogens (primary N) is 2. The van der Waals surface area contributed by atoms with Gasteiger partial charge in [0.2, 0.25) is 0 Å². The van der Waals surface area contributed by atoms with E-state index in [9.17, 15) is 4.79 Å². The maximum absolute atomic E-state index is 12.3. The van der Waals surface area contributed by atoms with Crippen molar-refractivity contribution in [3.63, 3.8) is 0 Å². The van der Waals surface area contributed by atoms with Crippen LogP contribution >= 0.6 is 0 Å². The highest BCUT2D eigenvalue weighted by Crippen LogP contribution is 2.18. The summed E-state index contributed by atoms with van der Waals surface area (Å²) in [4.78, 5) is 12.3. The van der Waals surface area contributed by atoms with Crippen LogP contribution in [0.25, 0.3) is 0 Å². The van der Waals surface area contributed by atoms with Crippen LogP contribution in [0, 0.1) is 11.3 Å². The number of carbonyl (C=O) groups is 1. The molecule has 0 aliphatic heterocycles. The first-order valence-corrected chi connectivity index (χ1v) is 7.40. The second-order valence-corrected chi connectivity index (χ2v) is 5.12. The number of rotatable bonds is 11. The van der Waals surface area contributed by atoms with Crippen molar-refractivity contribution in [2.75, 3.05) is 6.54 Å². The van der Waals surface area contributed by atoms with Crippen LogP contribution in [-0.4, -0.2) is 24.3 Å². The van der Waals surface area contributed by atoms with Crippen molar-refractivity contribution in [3.8, 4) is 0 Å². The summed E-state index contributed by atoms with van der Waals surface area (Å²) < 4.78 is 0. The maximum atomic E-state index is 12.3. The maximum Gasteiger partial charge on any atom is 0.185 e. The molecule has 0 aromatic rings. The third-order valence-electron chi connectivity index (χ3n) is 3.32. The van der Waals surface area contributed by atoms with Crippen molar-refractivity contribution in [1.82, 2.24) is 5.32 Å². The van der Waals surface area contributed by atoms with Crippen molar-refractivity contribution >= 4 is 11.7 Å². The Balaban J connectivity index is 4.06. The Morgan fingerprint density at radius 3 is 2.37 bits per heavy atom. The third-order valence-corrected chi connectivity index (χ3v) is 3.32. The highest BCUT2D eigenvalue weighted by Gasteiger charge is 2.22. The SMILES string of the molecule is CCCCC(CCC)C(=O)[C@H](N)CCCNC(=N)N. The Labute approximate surface area is 117 Å². The Kier molecular flexibility index (Phi) is 10.2. The molecule has 0 saturated carbocycles. The standard InChI is InChI=1S/C14H30N4O/c1-3-5-8-11(7-4-2)13(19)12(15)9-6-10-18-14(16)17/h11-12H,3-10,15H2,1-2H3,(H4,16,17,18)/t11?,12-/m1/s1. The number of hydrogen-bond donors (Lipinski definition) is 4. The number of ketones is 1. The van der Waals surface area contributed by atoms with E-state index >= 15 is 0 Å². The average molecular weight is 270 g/mol. The lowest BCUT2D eigenvalue weighted by atomic mass is 9.88. The number of Topliss-reactive ketones (excluding diaryl/α,β-unsaturated/α-hetero) is 1. The van der Waals surface area contributed by atoms with Crippen LogP contribution < -0.4 is 16.8 Å². The lowest BCUT2D eigenvalue weighted by Gasteiger charge is -2.19. The molecule has 0 rings (SSSR count). The molecule has 0 fully saturated rings. The highest BCUT2D eigenvalue weighted by molar-refractivity contribution is 5.86. The summed E-state index contributed by atoms with van der Waals surface area (Å²) in [6, 6.07) is -0.373. The molecule has 0 amide bonds. The van der Waals surface area contributed by atoms with E-state index in [2.05, 4.69) is 19.2 Å². The van der Waals surface area contributed by atoms with Crippen LogP contribution in [0.15, 0.2) is 0 Å². The molecule has 0 saturated heterocycles. The molecule has 112 valence electrons. The third kappa shape index (κ3) is 8.59. The van der Waals surface area contributed by atoms with Crippen LogP contribution in [-0.2, 0) is 4.79 Å². The molecule has 2 atom stereocenters. The van der Waals surface area contributed by atoms with Gasteiger partial charge in [-0.15, -0.1) is 0 Å². The smallest absolute Gasteiger partial charge is 0.185 e. The molecule has 1 unspecified atom stereocenters. The molecule has 19 heavy (non-hydrogen) atoms. The average Bonchev–Trinajstić information content (AvgIpc) is 2.38. The highest BCUT2D eigenvalue weighted by atomic mass is 16.1. The summed E-state index contributed by atoms with van der Waals surface area (Å²) in [5, 5.41) is 9.75. The van der Waals surface area contributed by atoms with Gasteiger partial charge in [0, 0.05) is 12.5 Å². The van der Waals surface area contributed by atoms with Crippen molar-refractivity contribution < 1.29 is 4.79 Å². The van der Waals surface area contributed by atoms with Crippen LogP contribution in [0.5, 0.6) is 0 Å². The number of guanidine groups is 1. The Bertz CT molecular complexity index is 268. The molecule has 0 aromatic heterocycles. The molecule has 5 heteroatoms. The zero-order valence-corrected chi connectivity index (χ0v) is 12.4. The van der Waals surface area contributed by atoms with Crippen molar-refractivity contribution in [3.05, 3.63) is 0 Å². The predicted octanol–water partition coefficient (Wildman–Crippen LogP) is 1.75. The number of unbranched alkanes of at least 4 members (excludes halogenated alkanes) is 1. The fourth-order valence-electron chi connectivity index (χ4n) is 2.22. The van der Waals surface area contributed by atoms with Gasteiger partial charge in [-0.2, -0.15) is 0 Å². The van der Waals surface area contributed by atoms with Gasteiger partial charge < -0.3 is 16.8 Å². The van der Waals surface area contributed by atoms with Gasteiger partial charge in [-0.25, -0.2) is 0 Å². The molecule has 0 aromatic carbocycles. The topological polar surface area (TPSA) is 105 Å². The van der Waals surface area contributed by atoms with Gasteiger partial charge in [-0.05, 0) is 25.7 Å². The van der Waals surface area contributed by atoms with Gasteiger partial charge >= 0.3 is 0 Å². The quantitative estimate of drug-likeness (QED) is 0.261. The van der Waals surface area contributed by atoms with Gasteiger partial charge in [-0.1, -0.05) is 33.1 Å². The van der Waals surface area contributed by atoms with Crippen LogP contribution in [0.3, 0.4) is 0 Å². The minimum atomic E-state index is -0.373. The molecule has 0 bridgehead atoms. The molecule has 0 aliphatic carbocycles. The number of nitrogens with one attached hydrogen (secondary N) is 2. The van der Waals surface area contributed by atoms with Gasteiger partial charge in [0.05, 0.1) is 6.04 Å². The molecule has 0 aliphatic rings. The minimum absolute atomic E-state index is 0.0355. The lowest BCUT2D eigenvalue weighted by molar-refractivity contribution is -0.124. The van der Waals surface area contributed by atoms with E-state index in [0.29, 0.717) is 13.0 Å².